The number of fused-ring (bicyclic) bond motifs is 1. The Morgan fingerprint density at radius 2 is 1.97 bits per heavy atom. The van der Waals surface area contributed by atoms with E-state index < -0.39 is 0 Å². The molecule has 9 heteroatoms. The van der Waals surface area contributed by atoms with Gasteiger partial charge in [0.05, 0.1) is 29.0 Å². The van der Waals surface area contributed by atoms with Crippen LogP contribution >= 0.6 is 0 Å². The summed E-state index contributed by atoms with van der Waals surface area (Å²) >= 11 is 0. The summed E-state index contributed by atoms with van der Waals surface area (Å²) in [6.45, 7) is 6.87. The third-order valence-electron chi connectivity index (χ3n) is 6.01. The van der Waals surface area contributed by atoms with Crippen LogP contribution in [0.5, 0.6) is 0 Å². The van der Waals surface area contributed by atoms with Gasteiger partial charge in [0, 0.05) is 51.1 Å². The van der Waals surface area contributed by atoms with Crippen molar-refractivity contribution in [3.63, 3.8) is 0 Å². The van der Waals surface area contributed by atoms with Crippen molar-refractivity contribution in [2.24, 2.45) is 0 Å². The van der Waals surface area contributed by atoms with Crippen molar-refractivity contribution in [3.8, 4) is 11.3 Å². The second-order valence-corrected chi connectivity index (χ2v) is 8.21. The van der Waals surface area contributed by atoms with E-state index >= 15 is 0 Å². The average Bonchev–Trinajstić information content (AvgIpc) is 3.26. The third kappa shape index (κ3) is 4.85. The van der Waals surface area contributed by atoms with Gasteiger partial charge in [0.2, 0.25) is 5.95 Å². The van der Waals surface area contributed by atoms with Crippen molar-refractivity contribution in [2.75, 3.05) is 38.6 Å². The fourth-order valence-electron chi connectivity index (χ4n) is 4.19. The Morgan fingerprint density at radius 1 is 1.09 bits per heavy atom. The summed E-state index contributed by atoms with van der Waals surface area (Å²) in [5, 5.41) is 6.73. The lowest BCUT2D eigenvalue weighted by Gasteiger charge is -2.33. The van der Waals surface area contributed by atoms with Crippen molar-refractivity contribution in [1.82, 2.24) is 35.1 Å². The van der Waals surface area contributed by atoms with Crippen LogP contribution < -0.4 is 10.6 Å². The number of aromatic nitrogens is 5. The number of benzene rings is 1. The van der Waals surface area contributed by atoms with E-state index in [-0.39, 0.29) is 0 Å². The van der Waals surface area contributed by atoms with Gasteiger partial charge in [-0.3, -0.25) is 4.90 Å². The molecular formula is C24H28N8O. The molecular weight excluding hydrogens is 416 g/mol. The van der Waals surface area contributed by atoms with Crippen LogP contribution in [0.25, 0.3) is 22.3 Å². The standard InChI is InChI=1S/C24H28N8O/c1-16(32-9-7-25-8-10-32)17-5-6-26-23(12-17)31-24-29-20-4-3-18(11-22(20)30-24)21-13-19(14-33-2)27-15-28-21/h3-6,11-13,15-16,25H,7-10,14H2,1-2H3,(H2,26,29,30,31). The maximum atomic E-state index is 5.18. The van der Waals surface area contributed by atoms with Crippen LogP contribution in [0.15, 0.2) is 48.9 Å². The van der Waals surface area contributed by atoms with Crippen molar-refractivity contribution in [2.45, 2.75) is 19.6 Å². The molecule has 1 atom stereocenters. The quantitative estimate of drug-likeness (QED) is 0.399. The zero-order valence-corrected chi connectivity index (χ0v) is 18.9. The Balaban J connectivity index is 1.35. The van der Waals surface area contributed by atoms with Gasteiger partial charge in [-0.1, -0.05) is 6.07 Å². The highest BCUT2D eigenvalue weighted by atomic mass is 16.5. The predicted octanol–water partition coefficient (Wildman–Crippen LogP) is 3.27. The van der Waals surface area contributed by atoms with Crippen LogP contribution in [-0.2, 0) is 11.3 Å². The van der Waals surface area contributed by atoms with E-state index in [4.69, 9.17) is 4.74 Å². The molecule has 4 aromatic rings. The predicted molar refractivity (Wildman–Crippen MR) is 128 cm³/mol. The molecule has 3 aromatic heterocycles. The van der Waals surface area contributed by atoms with Gasteiger partial charge < -0.3 is 20.4 Å². The Hall–Kier alpha value is -3.40. The van der Waals surface area contributed by atoms with E-state index in [0.29, 0.717) is 18.6 Å². The first-order valence-corrected chi connectivity index (χ1v) is 11.2. The van der Waals surface area contributed by atoms with E-state index in [2.05, 4.69) is 59.5 Å². The minimum absolute atomic E-state index is 0.338. The molecule has 0 aliphatic carbocycles. The van der Waals surface area contributed by atoms with Gasteiger partial charge in [-0.05, 0) is 42.8 Å². The van der Waals surface area contributed by atoms with Gasteiger partial charge in [0.25, 0.3) is 0 Å². The zero-order valence-electron chi connectivity index (χ0n) is 18.9. The second kappa shape index (κ2) is 9.62. The number of nitrogens with one attached hydrogen (secondary N) is 3. The van der Waals surface area contributed by atoms with Crippen LogP contribution in [0.4, 0.5) is 11.8 Å². The number of imidazole rings is 1. The summed E-state index contributed by atoms with van der Waals surface area (Å²) in [4.78, 5) is 23.7. The van der Waals surface area contributed by atoms with Gasteiger partial charge in [0.1, 0.15) is 12.1 Å². The van der Waals surface area contributed by atoms with E-state index in [9.17, 15) is 0 Å². The number of piperazine rings is 1. The largest absolute Gasteiger partial charge is 0.378 e. The third-order valence-corrected chi connectivity index (χ3v) is 6.01. The monoisotopic (exact) mass is 444 g/mol. The fourth-order valence-corrected chi connectivity index (χ4v) is 4.19. The lowest BCUT2D eigenvalue weighted by molar-refractivity contribution is 0.181. The number of ether oxygens (including phenoxy) is 1. The highest BCUT2D eigenvalue weighted by Gasteiger charge is 2.18. The Labute approximate surface area is 192 Å². The number of hydrogen-bond acceptors (Lipinski definition) is 8. The highest BCUT2D eigenvalue weighted by molar-refractivity contribution is 5.83. The Kier molecular flexibility index (Phi) is 6.25. The molecule has 0 radical (unpaired) electrons. The van der Waals surface area contributed by atoms with Crippen molar-refractivity contribution >= 4 is 22.8 Å². The number of pyridine rings is 1. The minimum Gasteiger partial charge on any atom is -0.378 e. The number of rotatable bonds is 7. The van der Waals surface area contributed by atoms with Gasteiger partial charge in [-0.2, -0.15) is 0 Å². The number of methoxy groups -OCH3 is 1. The van der Waals surface area contributed by atoms with E-state index in [1.807, 2.05) is 30.5 Å². The van der Waals surface area contributed by atoms with Crippen molar-refractivity contribution < 1.29 is 4.74 Å². The molecule has 0 amide bonds. The van der Waals surface area contributed by atoms with E-state index in [1.54, 1.807) is 13.4 Å². The molecule has 1 saturated heterocycles. The molecule has 5 rings (SSSR count). The molecule has 1 unspecified atom stereocenters. The molecule has 9 nitrogen and oxygen atoms in total. The van der Waals surface area contributed by atoms with Gasteiger partial charge >= 0.3 is 0 Å². The molecule has 1 aliphatic rings. The van der Waals surface area contributed by atoms with Gasteiger partial charge in [-0.15, -0.1) is 0 Å². The lowest BCUT2D eigenvalue weighted by atomic mass is 10.1. The Morgan fingerprint density at radius 3 is 2.82 bits per heavy atom. The Bertz CT molecular complexity index is 1230. The molecule has 4 heterocycles. The summed E-state index contributed by atoms with van der Waals surface area (Å²) < 4.78 is 5.18. The highest BCUT2D eigenvalue weighted by Crippen LogP contribution is 2.26. The van der Waals surface area contributed by atoms with Crippen LogP contribution in [0.1, 0.15) is 24.2 Å². The summed E-state index contributed by atoms with van der Waals surface area (Å²) in [7, 11) is 1.66. The lowest BCUT2D eigenvalue weighted by Crippen LogP contribution is -2.44. The van der Waals surface area contributed by atoms with Gasteiger partial charge in [0.15, 0.2) is 0 Å². The molecule has 33 heavy (non-hydrogen) atoms. The first-order chi connectivity index (χ1) is 16.2. The molecule has 0 bridgehead atoms. The molecule has 1 fully saturated rings. The molecule has 1 aromatic carbocycles. The maximum absolute atomic E-state index is 5.18. The summed E-state index contributed by atoms with van der Waals surface area (Å²) in [6, 6.07) is 12.5. The summed E-state index contributed by atoms with van der Waals surface area (Å²) in [5.41, 5.74) is 5.71. The SMILES string of the molecule is COCc1cc(-c2ccc3nc(Nc4cc(C(C)N5CCNCC5)ccn4)[nH]c3c2)ncn1. The number of anilines is 2. The van der Waals surface area contributed by atoms with Crippen LogP contribution in [0, 0.1) is 0 Å². The first-order valence-electron chi connectivity index (χ1n) is 11.2. The normalized spacial score (nSPS) is 15.6. The molecule has 3 N–H and O–H groups in total. The van der Waals surface area contributed by atoms with Crippen LogP contribution in [0.3, 0.4) is 0 Å². The average molecular weight is 445 g/mol. The van der Waals surface area contributed by atoms with Crippen molar-refractivity contribution in [3.05, 3.63) is 60.2 Å². The summed E-state index contributed by atoms with van der Waals surface area (Å²) in [6.07, 6.45) is 3.41. The topological polar surface area (TPSA) is 104 Å². The summed E-state index contributed by atoms with van der Waals surface area (Å²) in [5.74, 6) is 1.43. The molecule has 1 aliphatic heterocycles. The second-order valence-electron chi connectivity index (χ2n) is 8.21. The fraction of sp³-hybridized carbons (Fsp3) is 0.333. The maximum Gasteiger partial charge on any atom is 0.206 e. The minimum atomic E-state index is 0.338. The van der Waals surface area contributed by atoms with Crippen LogP contribution in [0.2, 0.25) is 0 Å². The smallest absolute Gasteiger partial charge is 0.206 e. The number of hydrogen-bond donors (Lipinski definition) is 3. The zero-order chi connectivity index (χ0) is 22.6. The van der Waals surface area contributed by atoms with Gasteiger partial charge in [-0.25, -0.2) is 19.9 Å². The molecule has 0 saturated carbocycles. The molecule has 170 valence electrons. The number of H-pyrrole nitrogens is 1. The number of aromatic amines is 1. The van der Waals surface area contributed by atoms with Crippen LogP contribution in [-0.4, -0.2) is 63.1 Å². The first kappa shape index (κ1) is 21.4. The number of nitrogens with zero attached hydrogens (tertiary/aromatic N) is 5. The van der Waals surface area contributed by atoms with E-state index in [1.165, 1.54) is 5.56 Å². The van der Waals surface area contributed by atoms with Crippen molar-refractivity contribution in [1.29, 1.82) is 0 Å². The molecule has 0 spiro atoms. The van der Waals surface area contributed by atoms with E-state index in [0.717, 1.165) is 60.0 Å².